The van der Waals surface area contributed by atoms with E-state index < -0.39 is 0 Å². The normalized spacial score (nSPS) is 11.7. The first-order valence-electron chi connectivity index (χ1n) is 20.1. The Kier molecular flexibility index (Phi) is 7.75. The Bertz CT molecular complexity index is 3430. The van der Waals surface area contributed by atoms with E-state index in [0.29, 0.717) is 0 Å². The van der Waals surface area contributed by atoms with Gasteiger partial charge in [0.05, 0.1) is 5.69 Å². The third-order valence-electron chi connectivity index (χ3n) is 11.9. The van der Waals surface area contributed by atoms with Crippen molar-refractivity contribution in [3.63, 3.8) is 0 Å². The zero-order valence-corrected chi connectivity index (χ0v) is 32.8. The van der Waals surface area contributed by atoms with E-state index in [4.69, 9.17) is 4.42 Å². The van der Waals surface area contributed by atoms with Crippen molar-refractivity contribution in [2.24, 2.45) is 0 Å². The highest BCUT2D eigenvalue weighted by molar-refractivity contribution is 7.27. The fraction of sp³-hybridized carbons (Fsp3) is 0. The molecule has 0 fully saturated rings. The van der Waals surface area contributed by atoms with Gasteiger partial charge in [0.2, 0.25) is 0 Å². The summed E-state index contributed by atoms with van der Waals surface area (Å²) in [6, 6.07) is 77.0. The van der Waals surface area contributed by atoms with Gasteiger partial charge in [-0.25, -0.2) is 0 Å². The number of hydrogen-bond acceptors (Lipinski definition) is 3. The molecule has 2 aromatic heterocycles. The summed E-state index contributed by atoms with van der Waals surface area (Å²) in [7, 11) is 0. The molecule has 0 aliphatic heterocycles. The average Bonchev–Trinajstić information content (AvgIpc) is 3.88. The first kappa shape index (κ1) is 33.7. The lowest BCUT2D eigenvalue weighted by Crippen LogP contribution is -2.11. The van der Waals surface area contributed by atoms with Crippen molar-refractivity contribution in [3.05, 3.63) is 212 Å². The van der Waals surface area contributed by atoms with Gasteiger partial charge in [0.25, 0.3) is 0 Å². The highest BCUT2D eigenvalue weighted by Crippen LogP contribution is 2.48. The standard InChI is InChI=1S/C56H35NOS/c1-3-12-40-34-42(22-20-36(40)10-1)38-24-28-44(29-25-38)57(45-30-26-39(27-31-45)43-23-21-37-11-2-4-13-41(37)35-43)51-18-7-5-14-46(51)47-16-9-17-48-49-32-33-53-54(56(49)59-55(47)48)50-15-6-8-19-52(50)58-53/h1-35H. The third-order valence-corrected chi connectivity index (χ3v) is 13.1. The fourth-order valence-electron chi connectivity index (χ4n) is 8.94. The van der Waals surface area contributed by atoms with Crippen LogP contribution in [-0.2, 0) is 0 Å². The molecule has 0 aliphatic rings. The Labute approximate surface area is 345 Å². The van der Waals surface area contributed by atoms with Crippen molar-refractivity contribution in [1.82, 2.24) is 0 Å². The molecule has 0 radical (unpaired) electrons. The lowest BCUT2D eigenvalue weighted by atomic mass is 9.98. The zero-order valence-electron chi connectivity index (χ0n) is 32.0. The van der Waals surface area contributed by atoms with Crippen LogP contribution >= 0.6 is 11.3 Å². The van der Waals surface area contributed by atoms with Crippen molar-refractivity contribution in [2.45, 2.75) is 0 Å². The van der Waals surface area contributed by atoms with Gasteiger partial charge in [0.15, 0.2) is 0 Å². The molecule has 3 heteroatoms. The number of nitrogens with zero attached hydrogens (tertiary/aromatic N) is 1. The van der Waals surface area contributed by atoms with Gasteiger partial charge in [-0.2, -0.15) is 0 Å². The number of benzene rings is 10. The van der Waals surface area contributed by atoms with Gasteiger partial charge in [-0.3, -0.25) is 0 Å². The van der Waals surface area contributed by atoms with Gasteiger partial charge in [-0.05, 0) is 104 Å². The monoisotopic (exact) mass is 769 g/mol. The maximum absolute atomic E-state index is 6.33. The predicted molar refractivity (Wildman–Crippen MR) is 253 cm³/mol. The van der Waals surface area contributed by atoms with Gasteiger partial charge in [-0.1, -0.05) is 152 Å². The summed E-state index contributed by atoms with van der Waals surface area (Å²) >= 11 is 1.87. The van der Waals surface area contributed by atoms with E-state index in [1.165, 1.54) is 80.5 Å². The summed E-state index contributed by atoms with van der Waals surface area (Å²) in [5.74, 6) is 0. The van der Waals surface area contributed by atoms with Crippen LogP contribution in [0.25, 0.3) is 97.0 Å². The van der Waals surface area contributed by atoms with Gasteiger partial charge in [0.1, 0.15) is 11.2 Å². The zero-order chi connectivity index (χ0) is 38.9. The minimum absolute atomic E-state index is 0.923. The second kappa shape index (κ2) is 13.6. The minimum atomic E-state index is 0.923. The van der Waals surface area contributed by atoms with E-state index in [1.54, 1.807) is 0 Å². The van der Waals surface area contributed by atoms with E-state index in [-0.39, 0.29) is 0 Å². The van der Waals surface area contributed by atoms with Crippen LogP contribution in [0, 0.1) is 0 Å². The van der Waals surface area contributed by atoms with Crippen molar-refractivity contribution in [1.29, 1.82) is 0 Å². The molecule has 276 valence electrons. The van der Waals surface area contributed by atoms with Crippen molar-refractivity contribution >= 4 is 92.1 Å². The number of rotatable bonds is 6. The fourth-order valence-corrected chi connectivity index (χ4v) is 10.3. The quantitative estimate of drug-likeness (QED) is 0.167. The molecule has 0 N–H and O–H groups in total. The number of furan rings is 1. The van der Waals surface area contributed by atoms with E-state index in [9.17, 15) is 0 Å². The van der Waals surface area contributed by atoms with Gasteiger partial charge < -0.3 is 9.32 Å². The Hall–Kier alpha value is -7.46. The topological polar surface area (TPSA) is 16.4 Å². The van der Waals surface area contributed by atoms with Crippen molar-refractivity contribution < 1.29 is 4.42 Å². The molecular weight excluding hydrogens is 735 g/mol. The molecule has 59 heavy (non-hydrogen) atoms. The van der Waals surface area contributed by atoms with Gasteiger partial charge in [0, 0.05) is 53.4 Å². The molecule has 0 atom stereocenters. The molecule has 0 aliphatic carbocycles. The van der Waals surface area contributed by atoms with Crippen LogP contribution in [-0.4, -0.2) is 0 Å². The molecule has 0 saturated carbocycles. The Morgan fingerprint density at radius 3 is 1.54 bits per heavy atom. The third kappa shape index (κ3) is 5.62. The van der Waals surface area contributed by atoms with E-state index in [2.05, 4.69) is 211 Å². The Balaban J connectivity index is 1.02. The smallest absolute Gasteiger partial charge is 0.136 e. The second-order valence-corrected chi connectivity index (χ2v) is 16.3. The predicted octanol–water partition coefficient (Wildman–Crippen LogP) is 16.7. The number of hydrogen-bond donors (Lipinski definition) is 0. The molecule has 0 bridgehead atoms. The Morgan fingerprint density at radius 1 is 0.339 bits per heavy atom. The number of para-hydroxylation sites is 2. The van der Waals surface area contributed by atoms with Crippen LogP contribution in [0.3, 0.4) is 0 Å². The number of anilines is 3. The minimum Gasteiger partial charge on any atom is -0.456 e. The summed E-state index contributed by atoms with van der Waals surface area (Å²) in [6.07, 6.45) is 0. The highest BCUT2D eigenvalue weighted by atomic mass is 32.1. The van der Waals surface area contributed by atoms with Crippen LogP contribution in [0.2, 0.25) is 0 Å². The van der Waals surface area contributed by atoms with Gasteiger partial charge >= 0.3 is 0 Å². The number of thiophene rings is 1. The molecule has 12 aromatic rings. The first-order valence-corrected chi connectivity index (χ1v) is 20.9. The second-order valence-electron chi connectivity index (χ2n) is 15.3. The van der Waals surface area contributed by atoms with Crippen molar-refractivity contribution in [2.75, 3.05) is 4.90 Å². The molecule has 0 amide bonds. The molecule has 0 spiro atoms. The average molecular weight is 770 g/mol. The van der Waals surface area contributed by atoms with Crippen LogP contribution in [0.15, 0.2) is 217 Å². The van der Waals surface area contributed by atoms with E-state index in [1.807, 2.05) is 17.4 Å². The van der Waals surface area contributed by atoms with Crippen molar-refractivity contribution in [3.8, 4) is 33.4 Å². The summed E-state index contributed by atoms with van der Waals surface area (Å²) < 4.78 is 8.86. The molecule has 2 heterocycles. The maximum Gasteiger partial charge on any atom is 0.136 e. The van der Waals surface area contributed by atoms with Gasteiger partial charge in [-0.15, -0.1) is 11.3 Å². The van der Waals surface area contributed by atoms with E-state index >= 15 is 0 Å². The lowest BCUT2D eigenvalue weighted by Gasteiger charge is -2.28. The molecule has 2 nitrogen and oxygen atoms in total. The largest absolute Gasteiger partial charge is 0.456 e. The number of fused-ring (bicyclic) bond motifs is 9. The summed E-state index contributed by atoms with van der Waals surface area (Å²) in [4.78, 5) is 2.41. The molecule has 10 aromatic carbocycles. The lowest BCUT2D eigenvalue weighted by molar-refractivity contribution is 0.669. The Morgan fingerprint density at radius 2 is 0.864 bits per heavy atom. The first-order chi connectivity index (χ1) is 29.2. The summed E-state index contributed by atoms with van der Waals surface area (Å²) in [6.45, 7) is 0. The van der Waals surface area contributed by atoms with Crippen LogP contribution in [0.1, 0.15) is 0 Å². The van der Waals surface area contributed by atoms with Crippen LogP contribution < -0.4 is 4.90 Å². The highest BCUT2D eigenvalue weighted by Gasteiger charge is 2.21. The van der Waals surface area contributed by atoms with E-state index in [0.717, 1.165) is 33.6 Å². The van der Waals surface area contributed by atoms with Crippen LogP contribution in [0.4, 0.5) is 17.1 Å². The SMILES string of the molecule is c1ccc(N(c2ccc(-c3ccc4ccccc4c3)cc2)c2ccc(-c3ccc4ccccc4c3)cc2)c(-c2cccc3c2sc2c3ccc3oc4ccccc4c32)c1. The maximum atomic E-state index is 6.33. The molecule has 0 saturated heterocycles. The summed E-state index contributed by atoms with van der Waals surface area (Å²) in [5, 5.41) is 9.86. The summed E-state index contributed by atoms with van der Waals surface area (Å²) in [5.41, 5.74) is 12.3. The molecular formula is C56H35NOS. The van der Waals surface area contributed by atoms with Crippen LogP contribution in [0.5, 0.6) is 0 Å². The molecule has 12 rings (SSSR count). The molecule has 0 unspecified atom stereocenters.